The fraction of sp³-hybridized carbons (Fsp3) is 0.929. The fourth-order valence-corrected chi connectivity index (χ4v) is 2.12. The molecule has 0 aromatic rings. The molecule has 0 radical (unpaired) electrons. The molecule has 0 bridgehead atoms. The highest BCUT2D eigenvalue weighted by atomic mass is 16.8. The predicted octanol–water partition coefficient (Wildman–Crippen LogP) is 1.18. The van der Waals surface area contributed by atoms with E-state index in [2.05, 4.69) is 4.74 Å². The van der Waals surface area contributed by atoms with Crippen molar-refractivity contribution in [3.05, 3.63) is 0 Å². The van der Waals surface area contributed by atoms with Gasteiger partial charge < -0.3 is 28.8 Å². The van der Waals surface area contributed by atoms with E-state index >= 15 is 0 Å². The molecule has 7 nitrogen and oxygen atoms in total. The lowest BCUT2D eigenvalue weighted by Crippen LogP contribution is -2.55. The van der Waals surface area contributed by atoms with Gasteiger partial charge in [-0.25, -0.2) is 4.79 Å². The summed E-state index contributed by atoms with van der Waals surface area (Å²) in [5.41, 5.74) is 0. The van der Waals surface area contributed by atoms with E-state index in [1.807, 2.05) is 0 Å². The van der Waals surface area contributed by atoms with E-state index in [-0.39, 0.29) is 0 Å². The zero-order chi connectivity index (χ0) is 16.1. The van der Waals surface area contributed by atoms with Gasteiger partial charge in [0, 0.05) is 13.5 Å². The molecule has 0 spiro atoms. The van der Waals surface area contributed by atoms with Crippen molar-refractivity contribution in [2.24, 2.45) is 0 Å². The molecule has 0 aromatic heterocycles. The summed E-state index contributed by atoms with van der Waals surface area (Å²) in [6.45, 7) is 4.98. The molecule has 1 heterocycles. The average Bonchev–Trinajstić information content (AvgIpc) is 2.44. The molecule has 1 aliphatic rings. The maximum atomic E-state index is 11.5. The molecule has 1 aliphatic heterocycles. The van der Waals surface area contributed by atoms with E-state index in [0.717, 1.165) is 12.8 Å². The number of carbonyl (C=O) groups excluding carboxylic acids is 1. The van der Waals surface area contributed by atoms with Crippen LogP contribution in [-0.2, 0) is 28.5 Å². The lowest BCUT2D eigenvalue weighted by molar-refractivity contribution is -0.398. The monoisotopic (exact) mass is 306 g/mol. The van der Waals surface area contributed by atoms with Gasteiger partial charge in [-0.15, -0.1) is 0 Å². The SMILES string of the molecule is COC(=O)C(C)O[C@H](OC(C)(C)O)[C@@]1(OC)CCCCO1. The van der Waals surface area contributed by atoms with Crippen molar-refractivity contribution in [3.63, 3.8) is 0 Å². The topological polar surface area (TPSA) is 83.5 Å². The average molecular weight is 306 g/mol. The van der Waals surface area contributed by atoms with Crippen molar-refractivity contribution in [2.75, 3.05) is 20.8 Å². The van der Waals surface area contributed by atoms with E-state index in [1.54, 1.807) is 6.92 Å². The van der Waals surface area contributed by atoms with Crippen LogP contribution in [0.15, 0.2) is 0 Å². The van der Waals surface area contributed by atoms with Gasteiger partial charge in [0.15, 0.2) is 11.9 Å². The molecular formula is C14H26O7. The molecule has 7 heteroatoms. The lowest BCUT2D eigenvalue weighted by atomic mass is 10.0. The summed E-state index contributed by atoms with van der Waals surface area (Å²) in [7, 11) is 2.76. The molecule has 0 aromatic carbocycles. The quantitative estimate of drug-likeness (QED) is 0.558. The third-order valence-electron chi connectivity index (χ3n) is 3.23. The fourth-order valence-electron chi connectivity index (χ4n) is 2.12. The van der Waals surface area contributed by atoms with Crippen LogP contribution >= 0.6 is 0 Å². The van der Waals surface area contributed by atoms with Gasteiger partial charge in [0.25, 0.3) is 0 Å². The van der Waals surface area contributed by atoms with Crippen LogP contribution in [0.4, 0.5) is 0 Å². The maximum Gasteiger partial charge on any atom is 0.334 e. The number of rotatable bonds is 7. The molecule has 1 fully saturated rings. The molecule has 1 rings (SSSR count). The molecule has 21 heavy (non-hydrogen) atoms. The first-order valence-corrected chi connectivity index (χ1v) is 7.06. The van der Waals surface area contributed by atoms with Crippen LogP contribution in [0.2, 0.25) is 0 Å². The van der Waals surface area contributed by atoms with Gasteiger partial charge in [0.05, 0.1) is 13.7 Å². The molecule has 1 unspecified atom stereocenters. The Labute approximate surface area is 125 Å². The highest BCUT2D eigenvalue weighted by molar-refractivity contribution is 5.73. The van der Waals surface area contributed by atoms with E-state index in [9.17, 15) is 9.90 Å². The standard InChI is InChI=1S/C14H26O7/c1-10(11(15)17-4)20-12(21-13(2,3)16)14(18-5)8-6-7-9-19-14/h10,12,16H,6-9H2,1-5H3/t10?,12-,14-/m1/s1. The summed E-state index contributed by atoms with van der Waals surface area (Å²) in [4.78, 5) is 11.5. The number of hydrogen-bond acceptors (Lipinski definition) is 7. The van der Waals surface area contributed by atoms with Crippen LogP contribution in [0.3, 0.4) is 0 Å². The Morgan fingerprint density at radius 2 is 2.00 bits per heavy atom. The van der Waals surface area contributed by atoms with Crippen LogP contribution in [0.5, 0.6) is 0 Å². The van der Waals surface area contributed by atoms with Gasteiger partial charge in [-0.2, -0.15) is 0 Å². The third-order valence-corrected chi connectivity index (χ3v) is 3.23. The minimum absolute atomic E-state index is 0.496. The molecule has 0 amide bonds. The second-order valence-electron chi connectivity index (χ2n) is 5.52. The van der Waals surface area contributed by atoms with Crippen LogP contribution in [0, 0.1) is 0 Å². The Kier molecular flexibility index (Phi) is 6.55. The Hall–Kier alpha value is -0.730. The van der Waals surface area contributed by atoms with E-state index in [0.29, 0.717) is 13.0 Å². The summed E-state index contributed by atoms with van der Waals surface area (Å²) in [6.07, 6.45) is 0.386. The number of methoxy groups -OCH3 is 2. The summed E-state index contributed by atoms with van der Waals surface area (Å²) in [5, 5.41) is 9.91. The number of ether oxygens (including phenoxy) is 5. The van der Waals surface area contributed by atoms with Gasteiger partial charge in [-0.1, -0.05) is 0 Å². The summed E-state index contributed by atoms with van der Waals surface area (Å²) < 4.78 is 26.9. The first kappa shape index (κ1) is 18.3. The van der Waals surface area contributed by atoms with E-state index < -0.39 is 29.9 Å². The number of aliphatic hydroxyl groups is 1. The molecule has 124 valence electrons. The molecular weight excluding hydrogens is 280 g/mol. The highest BCUT2D eigenvalue weighted by Crippen LogP contribution is 2.34. The van der Waals surface area contributed by atoms with E-state index in [4.69, 9.17) is 18.9 Å². The number of hydrogen-bond donors (Lipinski definition) is 1. The van der Waals surface area contributed by atoms with Crippen LogP contribution < -0.4 is 0 Å². The third kappa shape index (κ3) is 5.19. The Morgan fingerprint density at radius 3 is 2.43 bits per heavy atom. The largest absolute Gasteiger partial charge is 0.467 e. The van der Waals surface area contributed by atoms with Gasteiger partial charge in [0.2, 0.25) is 12.1 Å². The second-order valence-corrected chi connectivity index (χ2v) is 5.52. The Bertz CT molecular complexity index is 331. The Morgan fingerprint density at radius 1 is 1.33 bits per heavy atom. The first-order valence-electron chi connectivity index (χ1n) is 7.06. The highest BCUT2D eigenvalue weighted by Gasteiger charge is 2.47. The van der Waals surface area contributed by atoms with Gasteiger partial charge in [-0.3, -0.25) is 0 Å². The predicted molar refractivity (Wildman–Crippen MR) is 73.3 cm³/mol. The van der Waals surface area contributed by atoms with Crippen molar-refractivity contribution in [2.45, 2.75) is 64.0 Å². The number of esters is 1. The zero-order valence-electron chi connectivity index (χ0n) is 13.4. The van der Waals surface area contributed by atoms with Crippen molar-refractivity contribution >= 4 is 5.97 Å². The summed E-state index contributed by atoms with van der Waals surface area (Å²) in [5.74, 6) is -3.16. The van der Waals surface area contributed by atoms with Gasteiger partial charge in [0.1, 0.15) is 0 Å². The lowest BCUT2D eigenvalue weighted by Gasteiger charge is -2.43. The van der Waals surface area contributed by atoms with Gasteiger partial charge >= 0.3 is 5.97 Å². The molecule has 3 atom stereocenters. The minimum atomic E-state index is -1.47. The number of carbonyl (C=O) groups is 1. The minimum Gasteiger partial charge on any atom is -0.467 e. The van der Waals surface area contributed by atoms with Crippen molar-refractivity contribution in [3.8, 4) is 0 Å². The first-order chi connectivity index (χ1) is 9.74. The summed E-state index contributed by atoms with van der Waals surface area (Å²) >= 11 is 0. The Balaban J connectivity index is 2.91. The maximum absolute atomic E-state index is 11.5. The molecule has 0 saturated carbocycles. The smallest absolute Gasteiger partial charge is 0.334 e. The van der Waals surface area contributed by atoms with E-state index in [1.165, 1.54) is 28.1 Å². The molecule has 0 aliphatic carbocycles. The zero-order valence-corrected chi connectivity index (χ0v) is 13.4. The van der Waals surface area contributed by atoms with Crippen molar-refractivity contribution < 1.29 is 33.6 Å². The normalized spacial score (nSPS) is 26.2. The summed E-state index contributed by atoms with van der Waals surface area (Å²) in [6, 6.07) is 0. The van der Waals surface area contributed by atoms with Crippen LogP contribution in [0.25, 0.3) is 0 Å². The van der Waals surface area contributed by atoms with Crippen LogP contribution in [-0.4, -0.2) is 55.9 Å². The molecule has 1 N–H and O–H groups in total. The van der Waals surface area contributed by atoms with Crippen molar-refractivity contribution in [1.29, 1.82) is 0 Å². The molecule has 1 saturated heterocycles. The van der Waals surface area contributed by atoms with Gasteiger partial charge in [-0.05, 0) is 33.6 Å². The van der Waals surface area contributed by atoms with Crippen LogP contribution in [0.1, 0.15) is 40.0 Å². The second kappa shape index (κ2) is 7.51. The van der Waals surface area contributed by atoms with Crippen molar-refractivity contribution in [1.82, 2.24) is 0 Å².